The number of methoxy groups -OCH3 is 1. The summed E-state index contributed by atoms with van der Waals surface area (Å²) in [6.45, 7) is 3.29. The molecule has 6 nitrogen and oxygen atoms in total. The molecule has 1 saturated carbocycles. The van der Waals surface area contributed by atoms with Gasteiger partial charge >= 0.3 is 0 Å². The molecular formula is C18H22N4O2. The van der Waals surface area contributed by atoms with Crippen molar-refractivity contribution in [1.82, 2.24) is 19.7 Å². The van der Waals surface area contributed by atoms with Crippen molar-refractivity contribution in [3.8, 4) is 0 Å². The largest absolute Gasteiger partial charge is 0.367 e. The van der Waals surface area contributed by atoms with E-state index in [4.69, 9.17) is 4.74 Å². The van der Waals surface area contributed by atoms with Crippen molar-refractivity contribution in [2.24, 2.45) is 0 Å². The summed E-state index contributed by atoms with van der Waals surface area (Å²) >= 11 is 0. The number of benzene rings is 1. The van der Waals surface area contributed by atoms with Crippen molar-refractivity contribution in [2.45, 2.75) is 44.4 Å². The number of hydrogen-bond acceptors (Lipinski definition) is 4. The summed E-state index contributed by atoms with van der Waals surface area (Å²) in [5.74, 6) is 2.52. The molecule has 0 spiro atoms. The van der Waals surface area contributed by atoms with Crippen molar-refractivity contribution >= 4 is 5.91 Å². The number of fused-ring (bicyclic) bond motifs is 1. The number of hydrogen-bond donors (Lipinski definition) is 0. The summed E-state index contributed by atoms with van der Waals surface area (Å²) in [7, 11) is 1.58. The normalized spacial score (nSPS) is 21.4. The molecule has 1 aromatic carbocycles. The lowest BCUT2D eigenvalue weighted by Crippen LogP contribution is -2.43. The number of nitrogens with zero attached hydrogens (tertiary/aromatic N) is 4. The van der Waals surface area contributed by atoms with E-state index in [0.717, 1.165) is 17.2 Å². The Hall–Kier alpha value is -2.21. The van der Waals surface area contributed by atoms with E-state index in [-0.39, 0.29) is 11.9 Å². The molecule has 24 heavy (non-hydrogen) atoms. The molecule has 2 aliphatic rings. The number of rotatable bonds is 4. The van der Waals surface area contributed by atoms with Crippen LogP contribution in [0.3, 0.4) is 0 Å². The van der Waals surface area contributed by atoms with Crippen LogP contribution in [0, 0.1) is 0 Å². The zero-order chi connectivity index (χ0) is 16.7. The van der Waals surface area contributed by atoms with E-state index in [0.29, 0.717) is 19.0 Å². The second-order valence-electron chi connectivity index (χ2n) is 6.71. The van der Waals surface area contributed by atoms with E-state index in [1.807, 2.05) is 35.2 Å². The van der Waals surface area contributed by atoms with Gasteiger partial charge in [-0.2, -0.15) is 0 Å². The van der Waals surface area contributed by atoms with Crippen LogP contribution in [-0.2, 0) is 16.1 Å². The third-order valence-electron chi connectivity index (χ3n) is 4.87. The molecule has 1 amide bonds. The molecule has 1 aliphatic carbocycles. The number of ether oxygens (including phenoxy) is 1. The van der Waals surface area contributed by atoms with Gasteiger partial charge in [0.2, 0.25) is 0 Å². The van der Waals surface area contributed by atoms with E-state index in [2.05, 4.69) is 21.7 Å². The monoisotopic (exact) mass is 326 g/mol. The lowest BCUT2D eigenvalue weighted by molar-refractivity contribution is -0.144. The summed E-state index contributed by atoms with van der Waals surface area (Å²) in [6.07, 6.45) is 1.83. The molecule has 2 aromatic rings. The highest BCUT2D eigenvalue weighted by Crippen LogP contribution is 2.41. The number of carbonyl (C=O) groups is 1. The number of amides is 1. The SMILES string of the molecule is CO[C@@H](C(=O)N1Cc2nnc(C3CC3)n2[C@@H](C)C1)c1ccccc1. The Morgan fingerprint density at radius 3 is 2.67 bits per heavy atom. The van der Waals surface area contributed by atoms with Crippen LogP contribution in [0.1, 0.15) is 55.0 Å². The molecule has 0 unspecified atom stereocenters. The summed E-state index contributed by atoms with van der Waals surface area (Å²) in [5.41, 5.74) is 0.878. The maximum atomic E-state index is 13.0. The van der Waals surface area contributed by atoms with Crippen molar-refractivity contribution in [2.75, 3.05) is 13.7 Å². The van der Waals surface area contributed by atoms with Crippen LogP contribution in [0.2, 0.25) is 0 Å². The Kier molecular flexibility index (Phi) is 3.84. The van der Waals surface area contributed by atoms with Gasteiger partial charge in [0.1, 0.15) is 5.82 Å². The van der Waals surface area contributed by atoms with Gasteiger partial charge in [-0.3, -0.25) is 4.79 Å². The van der Waals surface area contributed by atoms with Gasteiger partial charge in [0.05, 0.1) is 12.6 Å². The Morgan fingerprint density at radius 2 is 2.00 bits per heavy atom. The molecule has 1 aromatic heterocycles. The van der Waals surface area contributed by atoms with Crippen molar-refractivity contribution in [3.63, 3.8) is 0 Å². The molecular weight excluding hydrogens is 304 g/mol. The minimum atomic E-state index is -0.573. The molecule has 6 heteroatoms. The minimum absolute atomic E-state index is 0.0160. The first-order valence-corrected chi connectivity index (χ1v) is 8.49. The Balaban J connectivity index is 1.57. The maximum absolute atomic E-state index is 13.0. The van der Waals surface area contributed by atoms with Crippen molar-refractivity contribution in [1.29, 1.82) is 0 Å². The zero-order valence-electron chi connectivity index (χ0n) is 14.1. The predicted octanol–water partition coefficient (Wildman–Crippen LogP) is 2.45. The average molecular weight is 326 g/mol. The van der Waals surface area contributed by atoms with E-state index in [1.165, 1.54) is 12.8 Å². The van der Waals surface area contributed by atoms with Crippen LogP contribution in [-0.4, -0.2) is 39.2 Å². The van der Waals surface area contributed by atoms with Gasteiger partial charge in [0.15, 0.2) is 11.9 Å². The summed E-state index contributed by atoms with van der Waals surface area (Å²) in [5, 5.41) is 8.71. The topological polar surface area (TPSA) is 60.2 Å². The van der Waals surface area contributed by atoms with Crippen LogP contribution in [0.15, 0.2) is 30.3 Å². The third kappa shape index (κ3) is 2.60. The zero-order valence-corrected chi connectivity index (χ0v) is 14.1. The lowest BCUT2D eigenvalue weighted by Gasteiger charge is -2.34. The summed E-state index contributed by atoms with van der Waals surface area (Å²) in [4.78, 5) is 14.8. The lowest BCUT2D eigenvalue weighted by atomic mass is 10.1. The summed E-state index contributed by atoms with van der Waals surface area (Å²) < 4.78 is 7.72. The van der Waals surface area contributed by atoms with Crippen LogP contribution in [0.5, 0.6) is 0 Å². The second kappa shape index (κ2) is 6.02. The fourth-order valence-corrected chi connectivity index (χ4v) is 3.52. The molecule has 0 radical (unpaired) electrons. The van der Waals surface area contributed by atoms with Crippen LogP contribution in [0.4, 0.5) is 0 Å². The van der Waals surface area contributed by atoms with Gasteiger partial charge in [-0.15, -0.1) is 10.2 Å². The highest BCUT2D eigenvalue weighted by Gasteiger charge is 2.37. The maximum Gasteiger partial charge on any atom is 0.256 e. The smallest absolute Gasteiger partial charge is 0.256 e. The molecule has 0 bridgehead atoms. The highest BCUT2D eigenvalue weighted by molar-refractivity contribution is 5.82. The molecule has 2 heterocycles. The van der Waals surface area contributed by atoms with E-state index < -0.39 is 6.10 Å². The average Bonchev–Trinajstić information content (AvgIpc) is 3.35. The molecule has 2 atom stereocenters. The molecule has 4 rings (SSSR count). The van der Waals surface area contributed by atoms with Crippen LogP contribution < -0.4 is 0 Å². The molecule has 0 N–H and O–H groups in total. The van der Waals surface area contributed by atoms with E-state index in [1.54, 1.807) is 7.11 Å². The first-order valence-electron chi connectivity index (χ1n) is 8.49. The summed E-state index contributed by atoms with van der Waals surface area (Å²) in [6, 6.07) is 9.82. The number of aromatic nitrogens is 3. The predicted molar refractivity (Wildman–Crippen MR) is 88.3 cm³/mol. The standard InChI is InChI=1S/C18H22N4O2/c1-12-10-21(11-15-19-20-17(22(12)15)14-8-9-14)18(23)16(24-2)13-6-4-3-5-7-13/h3-7,12,14,16H,8-11H2,1-2H3/t12-,16+/m0/s1. The Bertz CT molecular complexity index is 739. The van der Waals surface area contributed by atoms with Gasteiger partial charge in [-0.1, -0.05) is 30.3 Å². The third-order valence-corrected chi connectivity index (χ3v) is 4.87. The first-order chi connectivity index (χ1) is 11.7. The fourth-order valence-electron chi connectivity index (χ4n) is 3.52. The van der Waals surface area contributed by atoms with Crippen molar-refractivity contribution < 1.29 is 9.53 Å². The van der Waals surface area contributed by atoms with Gasteiger partial charge in [-0.05, 0) is 25.3 Å². The number of carbonyl (C=O) groups excluding carboxylic acids is 1. The minimum Gasteiger partial charge on any atom is -0.367 e. The second-order valence-corrected chi connectivity index (χ2v) is 6.71. The van der Waals surface area contributed by atoms with Gasteiger partial charge in [0, 0.05) is 19.6 Å². The van der Waals surface area contributed by atoms with Crippen LogP contribution >= 0.6 is 0 Å². The molecule has 0 saturated heterocycles. The quantitative estimate of drug-likeness (QED) is 0.866. The molecule has 1 fully saturated rings. The highest BCUT2D eigenvalue weighted by atomic mass is 16.5. The Labute approximate surface area is 141 Å². The van der Waals surface area contributed by atoms with Crippen molar-refractivity contribution in [3.05, 3.63) is 47.5 Å². The van der Waals surface area contributed by atoms with Gasteiger partial charge in [-0.25, -0.2) is 0 Å². The van der Waals surface area contributed by atoms with E-state index >= 15 is 0 Å². The Morgan fingerprint density at radius 1 is 1.25 bits per heavy atom. The van der Waals surface area contributed by atoms with Gasteiger partial charge in [0.25, 0.3) is 5.91 Å². The van der Waals surface area contributed by atoms with E-state index in [9.17, 15) is 4.79 Å². The van der Waals surface area contributed by atoms with Gasteiger partial charge < -0.3 is 14.2 Å². The molecule has 1 aliphatic heterocycles. The van der Waals surface area contributed by atoms with Crippen LogP contribution in [0.25, 0.3) is 0 Å². The molecule has 126 valence electrons. The first kappa shape index (κ1) is 15.3. The fraction of sp³-hybridized carbons (Fsp3) is 0.500.